The molecule has 2 aromatic carbocycles. The van der Waals surface area contributed by atoms with Crippen LogP contribution in [-0.2, 0) is 4.79 Å². The van der Waals surface area contributed by atoms with Gasteiger partial charge in [-0.25, -0.2) is 0 Å². The van der Waals surface area contributed by atoms with Crippen LogP contribution >= 0.6 is 39.9 Å². The number of ether oxygens (including phenoxy) is 2. The SMILES string of the molecule is COc1ccc(Br)cc1/C=C1\SC(=S)N(c2ccccc2OC)C1=O. The van der Waals surface area contributed by atoms with E-state index in [-0.39, 0.29) is 5.91 Å². The van der Waals surface area contributed by atoms with Gasteiger partial charge in [-0.05, 0) is 36.4 Å². The Morgan fingerprint density at radius 2 is 1.84 bits per heavy atom. The molecule has 128 valence electrons. The highest BCUT2D eigenvalue weighted by atomic mass is 79.9. The first kappa shape index (κ1) is 18.0. The van der Waals surface area contributed by atoms with Gasteiger partial charge >= 0.3 is 0 Å². The van der Waals surface area contributed by atoms with Crippen molar-refractivity contribution in [1.29, 1.82) is 0 Å². The summed E-state index contributed by atoms with van der Waals surface area (Å²) in [6, 6.07) is 12.9. The van der Waals surface area contributed by atoms with Crippen LogP contribution in [0.25, 0.3) is 6.08 Å². The second-order valence-corrected chi connectivity index (χ2v) is 7.67. The third kappa shape index (κ3) is 3.58. The van der Waals surface area contributed by atoms with Crippen molar-refractivity contribution in [2.45, 2.75) is 0 Å². The molecule has 0 spiro atoms. The van der Waals surface area contributed by atoms with E-state index in [1.165, 1.54) is 16.7 Å². The average molecular weight is 436 g/mol. The number of nitrogens with zero attached hydrogens (tertiary/aromatic N) is 1. The minimum absolute atomic E-state index is 0.179. The van der Waals surface area contributed by atoms with Crippen LogP contribution in [-0.4, -0.2) is 24.4 Å². The molecule has 7 heteroatoms. The fraction of sp³-hybridized carbons (Fsp3) is 0.111. The number of carbonyl (C=O) groups is 1. The summed E-state index contributed by atoms with van der Waals surface area (Å²) >= 11 is 10.1. The molecule has 2 aromatic rings. The molecule has 1 heterocycles. The first-order valence-corrected chi connectivity index (χ1v) is 9.31. The lowest BCUT2D eigenvalue weighted by Crippen LogP contribution is -2.27. The van der Waals surface area contributed by atoms with Gasteiger partial charge in [-0.15, -0.1) is 0 Å². The number of rotatable bonds is 4. The van der Waals surface area contributed by atoms with E-state index in [4.69, 9.17) is 21.7 Å². The minimum Gasteiger partial charge on any atom is -0.496 e. The quantitative estimate of drug-likeness (QED) is 0.505. The summed E-state index contributed by atoms with van der Waals surface area (Å²) in [7, 11) is 3.17. The molecule has 25 heavy (non-hydrogen) atoms. The highest BCUT2D eigenvalue weighted by molar-refractivity contribution is 9.10. The minimum atomic E-state index is -0.179. The first-order valence-electron chi connectivity index (χ1n) is 7.29. The molecule has 0 saturated carbocycles. The monoisotopic (exact) mass is 435 g/mol. The van der Waals surface area contributed by atoms with Crippen molar-refractivity contribution in [2.24, 2.45) is 0 Å². The maximum absolute atomic E-state index is 12.9. The van der Waals surface area contributed by atoms with Gasteiger partial charge in [0.1, 0.15) is 11.5 Å². The molecular formula is C18H14BrNO3S2. The topological polar surface area (TPSA) is 38.8 Å². The van der Waals surface area contributed by atoms with Crippen LogP contribution in [0.5, 0.6) is 11.5 Å². The van der Waals surface area contributed by atoms with Gasteiger partial charge in [0.2, 0.25) is 0 Å². The number of hydrogen-bond donors (Lipinski definition) is 0. The largest absolute Gasteiger partial charge is 0.496 e. The van der Waals surface area contributed by atoms with Crippen LogP contribution in [0.15, 0.2) is 51.8 Å². The van der Waals surface area contributed by atoms with E-state index in [1.807, 2.05) is 36.4 Å². The van der Waals surface area contributed by atoms with Crippen molar-refractivity contribution in [2.75, 3.05) is 19.1 Å². The Bertz CT molecular complexity index is 882. The van der Waals surface area contributed by atoms with E-state index in [9.17, 15) is 4.79 Å². The molecule has 0 radical (unpaired) electrons. The number of halogens is 1. The average Bonchev–Trinajstić information content (AvgIpc) is 2.88. The number of amides is 1. The summed E-state index contributed by atoms with van der Waals surface area (Å²) in [5.41, 5.74) is 1.44. The summed E-state index contributed by atoms with van der Waals surface area (Å²) < 4.78 is 12.1. The Labute approximate surface area is 163 Å². The molecule has 0 unspecified atom stereocenters. The summed E-state index contributed by atoms with van der Waals surface area (Å²) in [6.07, 6.45) is 1.79. The summed E-state index contributed by atoms with van der Waals surface area (Å²) in [6.45, 7) is 0. The third-order valence-corrected chi connectivity index (χ3v) is 5.39. The Kier molecular flexibility index (Phi) is 5.46. The molecular weight excluding hydrogens is 422 g/mol. The standard InChI is InChI=1S/C18H14BrNO3S2/c1-22-14-8-7-12(19)9-11(14)10-16-17(21)20(18(24)25-16)13-5-3-4-6-15(13)23-2/h3-10H,1-2H3/b16-10-. The van der Waals surface area contributed by atoms with Crippen LogP contribution in [0, 0.1) is 0 Å². The fourth-order valence-electron chi connectivity index (χ4n) is 2.45. The van der Waals surface area contributed by atoms with E-state index in [0.29, 0.717) is 26.4 Å². The van der Waals surface area contributed by atoms with E-state index >= 15 is 0 Å². The molecule has 1 saturated heterocycles. The fourth-order valence-corrected chi connectivity index (χ4v) is 4.10. The number of thiocarbonyl (C=S) groups is 1. The summed E-state index contributed by atoms with van der Waals surface area (Å²) in [4.78, 5) is 14.9. The number of para-hydroxylation sites is 2. The molecule has 0 aromatic heterocycles. The lowest BCUT2D eigenvalue weighted by atomic mass is 10.2. The second-order valence-electron chi connectivity index (χ2n) is 5.08. The Morgan fingerprint density at radius 3 is 2.56 bits per heavy atom. The van der Waals surface area contributed by atoms with Gasteiger partial charge in [0.15, 0.2) is 4.32 Å². The molecule has 1 aliphatic heterocycles. The van der Waals surface area contributed by atoms with Gasteiger partial charge in [-0.3, -0.25) is 9.69 Å². The van der Waals surface area contributed by atoms with Crippen molar-refractivity contribution < 1.29 is 14.3 Å². The highest BCUT2D eigenvalue weighted by Crippen LogP contribution is 2.40. The summed E-state index contributed by atoms with van der Waals surface area (Å²) in [5.74, 6) is 1.10. The number of methoxy groups -OCH3 is 2. The first-order chi connectivity index (χ1) is 12.0. The Morgan fingerprint density at radius 1 is 1.12 bits per heavy atom. The molecule has 3 rings (SSSR count). The van der Waals surface area contributed by atoms with Gasteiger partial charge in [-0.2, -0.15) is 0 Å². The summed E-state index contributed by atoms with van der Waals surface area (Å²) in [5, 5.41) is 0. The van der Waals surface area contributed by atoms with Gasteiger partial charge in [0.05, 0.1) is 24.8 Å². The lowest BCUT2D eigenvalue weighted by molar-refractivity contribution is -0.113. The van der Waals surface area contributed by atoms with Crippen LogP contribution in [0.4, 0.5) is 5.69 Å². The van der Waals surface area contributed by atoms with Crippen LogP contribution < -0.4 is 14.4 Å². The zero-order valence-electron chi connectivity index (χ0n) is 13.5. The van der Waals surface area contributed by atoms with Crippen LogP contribution in [0.3, 0.4) is 0 Å². The van der Waals surface area contributed by atoms with Crippen molar-refractivity contribution in [3.05, 3.63) is 57.4 Å². The van der Waals surface area contributed by atoms with Crippen LogP contribution in [0.1, 0.15) is 5.56 Å². The van der Waals surface area contributed by atoms with E-state index in [1.54, 1.807) is 26.4 Å². The number of carbonyl (C=O) groups excluding carboxylic acids is 1. The molecule has 1 aliphatic rings. The number of hydrogen-bond acceptors (Lipinski definition) is 5. The van der Waals surface area contributed by atoms with Crippen molar-refractivity contribution in [1.82, 2.24) is 0 Å². The van der Waals surface area contributed by atoms with E-state index < -0.39 is 0 Å². The van der Waals surface area contributed by atoms with E-state index in [0.717, 1.165) is 10.0 Å². The zero-order chi connectivity index (χ0) is 18.0. The maximum Gasteiger partial charge on any atom is 0.270 e. The Balaban J connectivity index is 2.01. The predicted molar refractivity (Wildman–Crippen MR) is 109 cm³/mol. The number of anilines is 1. The second kappa shape index (κ2) is 7.59. The number of benzene rings is 2. The smallest absolute Gasteiger partial charge is 0.270 e. The third-order valence-electron chi connectivity index (χ3n) is 3.60. The molecule has 0 atom stereocenters. The molecule has 1 fully saturated rings. The van der Waals surface area contributed by atoms with Gasteiger partial charge < -0.3 is 9.47 Å². The van der Waals surface area contributed by atoms with E-state index in [2.05, 4.69) is 15.9 Å². The molecule has 0 N–H and O–H groups in total. The molecule has 0 bridgehead atoms. The predicted octanol–water partition coefficient (Wildman–Crippen LogP) is 4.87. The van der Waals surface area contributed by atoms with Gasteiger partial charge in [0, 0.05) is 10.0 Å². The zero-order valence-corrected chi connectivity index (χ0v) is 16.7. The van der Waals surface area contributed by atoms with Crippen molar-refractivity contribution in [3.8, 4) is 11.5 Å². The van der Waals surface area contributed by atoms with Gasteiger partial charge in [-0.1, -0.05) is 52.0 Å². The maximum atomic E-state index is 12.9. The normalized spacial score (nSPS) is 15.8. The van der Waals surface area contributed by atoms with Crippen molar-refractivity contribution >= 4 is 61.9 Å². The van der Waals surface area contributed by atoms with Crippen LogP contribution in [0.2, 0.25) is 0 Å². The van der Waals surface area contributed by atoms with Crippen molar-refractivity contribution in [3.63, 3.8) is 0 Å². The Hall–Kier alpha value is -1.83. The lowest BCUT2D eigenvalue weighted by Gasteiger charge is -2.17. The number of thioether (sulfide) groups is 1. The molecule has 1 amide bonds. The molecule has 0 aliphatic carbocycles. The highest BCUT2D eigenvalue weighted by Gasteiger charge is 2.35. The molecule has 4 nitrogen and oxygen atoms in total. The van der Waals surface area contributed by atoms with Gasteiger partial charge in [0.25, 0.3) is 5.91 Å².